The number of carbonyl (C=O) groups is 1. The Bertz CT molecular complexity index is 968. The van der Waals surface area contributed by atoms with Crippen molar-refractivity contribution in [3.63, 3.8) is 0 Å². The first-order chi connectivity index (χ1) is 14.6. The number of halogens is 1. The molecule has 1 aliphatic carbocycles. The van der Waals surface area contributed by atoms with Crippen molar-refractivity contribution >= 4 is 17.7 Å². The van der Waals surface area contributed by atoms with Gasteiger partial charge in [-0.15, -0.1) is 11.8 Å². The second kappa shape index (κ2) is 9.15. The van der Waals surface area contributed by atoms with Gasteiger partial charge in [-0.3, -0.25) is 9.69 Å². The Balaban J connectivity index is 1.49. The lowest BCUT2D eigenvalue weighted by Gasteiger charge is -2.23. The third-order valence-electron chi connectivity index (χ3n) is 5.73. The minimum absolute atomic E-state index is 0.0743. The van der Waals surface area contributed by atoms with Gasteiger partial charge >= 0.3 is 0 Å². The molecule has 5 nitrogen and oxygen atoms in total. The van der Waals surface area contributed by atoms with E-state index in [0.717, 1.165) is 50.2 Å². The van der Waals surface area contributed by atoms with E-state index in [4.69, 9.17) is 0 Å². The van der Waals surface area contributed by atoms with Crippen LogP contribution in [0.4, 0.5) is 4.39 Å². The summed E-state index contributed by atoms with van der Waals surface area (Å²) in [7, 11) is 0. The van der Waals surface area contributed by atoms with Crippen LogP contribution < -0.4 is 0 Å². The number of carbonyl (C=O) groups excluding carboxylic acids is 1. The molecule has 1 aromatic carbocycles. The number of pyridine rings is 1. The molecular formula is C23H25FN4OS. The minimum Gasteiger partial charge on any atom is -0.337 e. The summed E-state index contributed by atoms with van der Waals surface area (Å²) in [6, 6.07) is 10.6. The lowest BCUT2D eigenvalue weighted by molar-refractivity contribution is 0.0760. The highest BCUT2D eigenvalue weighted by atomic mass is 32.2. The van der Waals surface area contributed by atoms with Gasteiger partial charge in [-0.25, -0.2) is 9.37 Å². The molecule has 4 rings (SSSR count). The average molecular weight is 425 g/mol. The fraction of sp³-hybridized carbons (Fsp3) is 0.435. The Labute approximate surface area is 180 Å². The molecule has 0 N–H and O–H groups in total. The Morgan fingerprint density at radius 2 is 2.00 bits per heavy atom. The highest BCUT2D eigenvalue weighted by Crippen LogP contribution is 2.40. The molecule has 0 spiro atoms. The van der Waals surface area contributed by atoms with E-state index in [9.17, 15) is 14.4 Å². The number of hydrogen-bond acceptors (Lipinski definition) is 5. The first kappa shape index (κ1) is 20.8. The molecule has 1 amide bonds. The molecule has 0 radical (unpaired) electrons. The van der Waals surface area contributed by atoms with Gasteiger partial charge in [0.2, 0.25) is 0 Å². The SMILES string of the molecule is CSc1nc(C2CC2)cc(C(=O)N2CCCN(Cc3ccc(F)cc3)CC2)c1C#N. The van der Waals surface area contributed by atoms with Gasteiger partial charge in [0.05, 0.1) is 11.1 Å². The third kappa shape index (κ3) is 4.66. The van der Waals surface area contributed by atoms with Gasteiger partial charge < -0.3 is 4.90 Å². The maximum atomic E-state index is 13.4. The Morgan fingerprint density at radius 3 is 2.67 bits per heavy atom. The van der Waals surface area contributed by atoms with Crippen LogP contribution in [0.5, 0.6) is 0 Å². The van der Waals surface area contributed by atoms with E-state index >= 15 is 0 Å². The molecule has 1 saturated carbocycles. The van der Waals surface area contributed by atoms with Crippen LogP contribution in [0.1, 0.15) is 52.4 Å². The second-order valence-corrected chi connectivity index (χ2v) is 8.71. The molecule has 30 heavy (non-hydrogen) atoms. The summed E-state index contributed by atoms with van der Waals surface area (Å²) in [4.78, 5) is 22.2. The molecule has 2 fully saturated rings. The number of amides is 1. The predicted molar refractivity (Wildman–Crippen MR) is 115 cm³/mol. The maximum absolute atomic E-state index is 13.4. The van der Waals surface area contributed by atoms with E-state index in [1.807, 2.05) is 29.4 Å². The molecule has 1 aliphatic heterocycles. The van der Waals surface area contributed by atoms with Crippen molar-refractivity contribution in [2.45, 2.75) is 36.8 Å². The molecule has 2 aliphatic rings. The standard InChI is InChI=1S/C23H25FN4OS/c1-30-22-20(14-25)19(13-21(26-22)17-5-6-17)23(29)28-10-2-9-27(11-12-28)15-16-3-7-18(24)8-4-16/h3-4,7-8,13,17H,2,5-6,9-12,15H2,1H3. The van der Waals surface area contributed by atoms with Gasteiger partial charge in [-0.05, 0) is 49.3 Å². The van der Waals surface area contributed by atoms with Gasteiger partial charge in [0.1, 0.15) is 16.9 Å². The van der Waals surface area contributed by atoms with E-state index in [2.05, 4.69) is 16.0 Å². The topological polar surface area (TPSA) is 60.2 Å². The summed E-state index contributed by atoms with van der Waals surface area (Å²) >= 11 is 1.43. The first-order valence-corrected chi connectivity index (χ1v) is 11.6. The zero-order valence-corrected chi connectivity index (χ0v) is 17.9. The molecule has 156 valence electrons. The molecular weight excluding hydrogens is 399 g/mol. The lowest BCUT2D eigenvalue weighted by atomic mass is 10.1. The van der Waals surface area contributed by atoms with E-state index < -0.39 is 0 Å². The smallest absolute Gasteiger partial charge is 0.255 e. The van der Waals surface area contributed by atoms with Crippen LogP contribution in [0.2, 0.25) is 0 Å². The number of hydrogen-bond donors (Lipinski definition) is 0. The highest BCUT2D eigenvalue weighted by molar-refractivity contribution is 7.98. The van der Waals surface area contributed by atoms with E-state index in [1.165, 1.54) is 23.9 Å². The molecule has 1 aromatic heterocycles. The monoisotopic (exact) mass is 424 g/mol. The van der Waals surface area contributed by atoms with Gasteiger partial charge in [0, 0.05) is 44.3 Å². The van der Waals surface area contributed by atoms with Crippen molar-refractivity contribution < 1.29 is 9.18 Å². The molecule has 0 atom stereocenters. The van der Waals surface area contributed by atoms with Gasteiger partial charge in [-0.2, -0.15) is 5.26 Å². The van der Waals surface area contributed by atoms with Gasteiger partial charge in [0.25, 0.3) is 5.91 Å². The Morgan fingerprint density at radius 1 is 1.23 bits per heavy atom. The van der Waals surface area contributed by atoms with Crippen molar-refractivity contribution in [2.75, 3.05) is 32.4 Å². The van der Waals surface area contributed by atoms with E-state index in [-0.39, 0.29) is 11.7 Å². The van der Waals surface area contributed by atoms with Crippen molar-refractivity contribution in [2.24, 2.45) is 0 Å². The lowest BCUT2D eigenvalue weighted by Crippen LogP contribution is -2.35. The molecule has 0 unspecified atom stereocenters. The van der Waals surface area contributed by atoms with Crippen LogP contribution >= 0.6 is 11.8 Å². The number of nitriles is 1. The van der Waals surface area contributed by atoms with E-state index in [1.54, 1.807) is 0 Å². The fourth-order valence-electron chi connectivity index (χ4n) is 3.90. The van der Waals surface area contributed by atoms with Crippen LogP contribution in [-0.4, -0.2) is 53.1 Å². The van der Waals surface area contributed by atoms with Crippen LogP contribution in [0.15, 0.2) is 35.4 Å². The zero-order chi connectivity index (χ0) is 21.1. The molecule has 2 aromatic rings. The zero-order valence-electron chi connectivity index (χ0n) is 17.1. The van der Waals surface area contributed by atoms with Crippen molar-refractivity contribution in [3.8, 4) is 6.07 Å². The summed E-state index contributed by atoms with van der Waals surface area (Å²) < 4.78 is 13.1. The summed E-state index contributed by atoms with van der Waals surface area (Å²) in [6.45, 7) is 3.65. The minimum atomic E-state index is -0.229. The van der Waals surface area contributed by atoms with Crippen LogP contribution in [0.3, 0.4) is 0 Å². The predicted octanol–water partition coefficient (Wildman–Crippen LogP) is 4.04. The van der Waals surface area contributed by atoms with Crippen molar-refractivity contribution in [3.05, 3.63) is 58.5 Å². The fourth-order valence-corrected chi connectivity index (χ4v) is 4.46. The molecule has 1 saturated heterocycles. The summed E-state index contributed by atoms with van der Waals surface area (Å²) in [5.74, 6) is 0.118. The largest absolute Gasteiger partial charge is 0.337 e. The van der Waals surface area contributed by atoms with Crippen LogP contribution in [-0.2, 0) is 6.54 Å². The molecule has 0 bridgehead atoms. The summed E-state index contributed by atoms with van der Waals surface area (Å²) in [5.41, 5.74) is 2.89. The number of nitrogens with zero attached hydrogens (tertiary/aromatic N) is 4. The second-order valence-electron chi connectivity index (χ2n) is 7.91. The Hall–Kier alpha value is -2.43. The normalized spacial score (nSPS) is 17.4. The quantitative estimate of drug-likeness (QED) is 0.678. The highest BCUT2D eigenvalue weighted by Gasteiger charge is 2.30. The maximum Gasteiger partial charge on any atom is 0.255 e. The van der Waals surface area contributed by atoms with Gasteiger partial charge in [0.15, 0.2) is 0 Å². The van der Waals surface area contributed by atoms with Crippen molar-refractivity contribution in [1.29, 1.82) is 5.26 Å². The number of benzene rings is 1. The number of thioether (sulfide) groups is 1. The van der Waals surface area contributed by atoms with Crippen molar-refractivity contribution in [1.82, 2.24) is 14.8 Å². The van der Waals surface area contributed by atoms with Gasteiger partial charge in [-0.1, -0.05) is 12.1 Å². The number of rotatable bonds is 5. The van der Waals surface area contributed by atoms with Crippen LogP contribution in [0, 0.1) is 17.1 Å². The third-order valence-corrected chi connectivity index (χ3v) is 6.41. The Kier molecular flexibility index (Phi) is 6.35. The average Bonchev–Trinajstić information content (AvgIpc) is 3.62. The summed E-state index contributed by atoms with van der Waals surface area (Å²) in [6.07, 6.45) is 4.96. The molecule has 2 heterocycles. The van der Waals surface area contributed by atoms with Crippen LogP contribution in [0.25, 0.3) is 0 Å². The van der Waals surface area contributed by atoms with E-state index in [0.29, 0.717) is 35.2 Å². The molecule has 7 heteroatoms. The summed E-state index contributed by atoms with van der Waals surface area (Å²) in [5, 5.41) is 10.3. The number of aromatic nitrogens is 1. The first-order valence-electron chi connectivity index (χ1n) is 10.3.